The van der Waals surface area contributed by atoms with Gasteiger partial charge in [0.1, 0.15) is 0 Å². The Morgan fingerprint density at radius 3 is 0.778 bits per heavy atom. The SMILES string of the molecule is CCCCCCCCCCCCC(CCCCCCCCCC)(CCCCCCCCCC)C(=O)O. The molecule has 216 valence electrons. The largest absolute Gasteiger partial charge is 0.481 e. The smallest absolute Gasteiger partial charge is 0.309 e. The summed E-state index contributed by atoms with van der Waals surface area (Å²) in [7, 11) is 0. The van der Waals surface area contributed by atoms with E-state index in [-0.39, 0.29) is 0 Å². The van der Waals surface area contributed by atoms with Crippen molar-refractivity contribution in [3.63, 3.8) is 0 Å². The first-order valence-corrected chi connectivity index (χ1v) is 16.9. The first kappa shape index (κ1) is 35.5. The van der Waals surface area contributed by atoms with E-state index in [2.05, 4.69) is 20.8 Å². The highest BCUT2D eigenvalue weighted by molar-refractivity contribution is 5.74. The van der Waals surface area contributed by atoms with Gasteiger partial charge in [0.25, 0.3) is 0 Å². The number of unbranched alkanes of at least 4 members (excludes halogenated alkanes) is 23. The van der Waals surface area contributed by atoms with Crippen LogP contribution in [0.3, 0.4) is 0 Å². The zero-order valence-electron chi connectivity index (χ0n) is 25.4. The fourth-order valence-electron chi connectivity index (χ4n) is 5.84. The van der Waals surface area contributed by atoms with Gasteiger partial charge < -0.3 is 5.11 Å². The molecule has 2 heteroatoms. The highest BCUT2D eigenvalue weighted by atomic mass is 16.4. The molecule has 0 saturated heterocycles. The van der Waals surface area contributed by atoms with Gasteiger partial charge in [-0.2, -0.15) is 0 Å². The quantitative estimate of drug-likeness (QED) is 0.0979. The second-order valence-electron chi connectivity index (χ2n) is 12.0. The standard InChI is InChI=1S/C34H68O2/c1-4-7-10-13-16-19-20-23-26-29-32-34(33(35)36,30-27-24-21-17-14-11-8-5-2)31-28-25-22-18-15-12-9-6-3/h4-32H2,1-3H3,(H,35,36). The zero-order chi connectivity index (χ0) is 26.6. The lowest BCUT2D eigenvalue weighted by atomic mass is 9.74. The number of carboxylic acids is 1. The van der Waals surface area contributed by atoms with Crippen LogP contribution in [0.1, 0.15) is 207 Å². The van der Waals surface area contributed by atoms with Gasteiger partial charge in [-0.15, -0.1) is 0 Å². The monoisotopic (exact) mass is 509 g/mol. The molecule has 0 aromatic heterocycles. The van der Waals surface area contributed by atoms with Crippen molar-refractivity contribution < 1.29 is 9.90 Å². The number of rotatable bonds is 30. The minimum atomic E-state index is -0.496. The molecule has 0 fully saturated rings. The first-order chi connectivity index (χ1) is 17.6. The lowest BCUT2D eigenvalue weighted by molar-refractivity contribution is -0.150. The van der Waals surface area contributed by atoms with E-state index in [1.54, 1.807) is 0 Å². The highest BCUT2D eigenvalue weighted by Crippen LogP contribution is 2.38. The Hall–Kier alpha value is -0.530. The van der Waals surface area contributed by atoms with E-state index in [1.165, 1.54) is 148 Å². The van der Waals surface area contributed by atoms with Crippen LogP contribution >= 0.6 is 0 Å². The van der Waals surface area contributed by atoms with Gasteiger partial charge in [0.2, 0.25) is 0 Å². The third kappa shape index (κ3) is 21.5. The summed E-state index contributed by atoms with van der Waals surface area (Å²) in [5.41, 5.74) is -0.454. The van der Waals surface area contributed by atoms with Crippen molar-refractivity contribution in [2.75, 3.05) is 0 Å². The van der Waals surface area contributed by atoms with Crippen LogP contribution in [0.4, 0.5) is 0 Å². The van der Waals surface area contributed by atoms with Crippen molar-refractivity contribution in [3.05, 3.63) is 0 Å². The summed E-state index contributed by atoms with van der Waals surface area (Å²) in [6.45, 7) is 6.82. The molecule has 0 aliphatic heterocycles. The first-order valence-electron chi connectivity index (χ1n) is 16.9. The Labute approximate surface area is 228 Å². The number of hydrogen-bond acceptors (Lipinski definition) is 1. The summed E-state index contributed by atoms with van der Waals surface area (Å²) in [5.74, 6) is -0.496. The maximum atomic E-state index is 12.6. The Bertz CT molecular complexity index is 424. The lowest BCUT2D eigenvalue weighted by Gasteiger charge is -2.30. The molecule has 1 N–H and O–H groups in total. The molecule has 0 rings (SSSR count). The molecule has 0 amide bonds. The Morgan fingerprint density at radius 2 is 0.583 bits per heavy atom. The fourth-order valence-corrected chi connectivity index (χ4v) is 5.84. The summed E-state index contributed by atoms with van der Waals surface area (Å²) in [5, 5.41) is 10.4. The van der Waals surface area contributed by atoms with Gasteiger partial charge in [-0.3, -0.25) is 4.79 Å². The van der Waals surface area contributed by atoms with Crippen LogP contribution in [0.5, 0.6) is 0 Å². The van der Waals surface area contributed by atoms with E-state index in [4.69, 9.17) is 0 Å². The van der Waals surface area contributed by atoms with Gasteiger partial charge in [-0.05, 0) is 19.3 Å². The van der Waals surface area contributed by atoms with Crippen molar-refractivity contribution >= 4 is 5.97 Å². The molecule has 0 spiro atoms. The average Bonchev–Trinajstić information content (AvgIpc) is 2.87. The van der Waals surface area contributed by atoms with Gasteiger partial charge in [0.05, 0.1) is 5.41 Å². The van der Waals surface area contributed by atoms with E-state index in [9.17, 15) is 9.90 Å². The van der Waals surface area contributed by atoms with Crippen LogP contribution in [0, 0.1) is 5.41 Å². The third-order valence-corrected chi connectivity index (χ3v) is 8.48. The zero-order valence-corrected chi connectivity index (χ0v) is 25.4. The number of hydrogen-bond donors (Lipinski definition) is 1. The molecule has 36 heavy (non-hydrogen) atoms. The van der Waals surface area contributed by atoms with Crippen molar-refractivity contribution in [1.29, 1.82) is 0 Å². The topological polar surface area (TPSA) is 37.3 Å². The van der Waals surface area contributed by atoms with Crippen molar-refractivity contribution in [2.24, 2.45) is 5.41 Å². The molecule has 0 atom stereocenters. The molecule has 0 aromatic carbocycles. The normalized spacial score (nSPS) is 11.9. The van der Waals surface area contributed by atoms with E-state index in [0.29, 0.717) is 0 Å². The van der Waals surface area contributed by atoms with Crippen molar-refractivity contribution in [3.8, 4) is 0 Å². The van der Waals surface area contributed by atoms with Crippen LogP contribution in [0.15, 0.2) is 0 Å². The molecular formula is C34H68O2. The minimum Gasteiger partial charge on any atom is -0.481 e. The van der Waals surface area contributed by atoms with Gasteiger partial charge >= 0.3 is 5.97 Å². The van der Waals surface area contributed by atoms with Crippen LogP contribution in [0.2, 0.25) is 0 Å². The molecule has 0 aliphatic carbocycles. The maximum Gasteiger partial charge on any atom is 0.309 e. The minimum absolute atomic E-state index is 0.454. The van der Waals surface area contributed by atoms with Gasteiger partial charge in [-0.1, -0.05) is 188 Å². The van der Waals surface area contributed by atoms with Crippen LogP contribution in [-0.4, -0.2) is 11.1 Å². The molecule has 0 unspecified atom stereocenters. The van der Waals surface area contributed by atoms with Gasteiger partial charge in [0, 0.05) is 0 Å². The number of aliphatic carboxylic acids is 1. The van der Waals surface area contributed by atoms with Crippen LogP contribution < -0.4 is 0 Å². The van der Waals surface area contributed by atoms with Gasteiger partial charge in [-0.25, -0.2) is 0 Å². The van der Waals surface area contributed by atoms with Crippen molar-refractivity contribution in [2.45, 2.75) is 207 Å². The summed E-state index contributed by atoms with van der Waals surface area (Å²) in [6, 6.07) is 0. The van der Waals surface area contributed by atoms with Gasteiger partial charge in [0.15, 0.2) is 0 Å². The molecule has 0 saturated carbocycles. The Morgan fingerprint density at radius 1 is 0.389 bits per heavy atom. The maximum absolute atomic E-state index is 12.6. The predicted molar refractivity (Wildman–Crippen MR) is 161 cm³/mol. The number of carboxylic acid groups (broad SMARTS) is 1. The predicted octanol–water partition coefficient (Wildman–Crippen LogP) is 12.4. The van der Waals surface area contributed by atoms with E-state index >= 15 is 0 Å². The average molecular weight is 509 g/mol. The molecule has 0 aliphatic rings. The summed E-state index contributed by atoms with van der Waals surface area (Å²) < 4.78 is 0. The van der Waals surface area contributed by atoms with Crippen LogP contribution in [-0.2, 0) is 4.79 Å². The molecule has 0 aromatic rings. The summed E-state index contributed by atoms with van der Waals surface area (Å²) in [6.07, 6.45) is 36.6. The second kappa shape index (κ2) is 27.5. The molecular weight excluding hydrogens is 440 g/mol. The summed E-state index contributed by atoms with van der Waals surface area (Å²) >= 11 is 0. The van der Waals surface area contributed by atoms with E-state index < -0.39 is 11.4 Å². The van der Waals surface area contributed by atoms with E-state index in [0.717, 1.165) is 38.5 Å². The fraction of sp³-hybridized carbons (Fsp3) is 0.971. The molecule has 0 bridgehead atoms. The molecule has 0 radical (unpaired) electrons. The van der Waals surface area contributed by atoms with E-state index in [1.807, 2.05) is 0 Å². The number of carbonyl (C=O) groups is 1. The second-order valence-corrected chi connectivity index (χ2v) is 12.0. The molecule has 0 heterocycles. The highest BCUT2D eigenvalue weighted by Gasteiger charge is 2.36. The van der Waals surface area contributed by atoms with Crippen LogP contribution in [0.25, 0.3) is 0 Å². The Kier molecular flexibility index (Phi) is 27.1. The molecule has 2 nitrogen and oxygen atoms in total. The van der Waals surface area contributed by atoms with Crippen molar-refractivity contribution in [1.82, 2.24) is 0 Å². The third-order valence-electron chi connectivity index (χ3n) is 8.48. The summed E-state index contributed by atoms with van der Waals surface area (Å²) in [4.78, 5) is 12.6. The Balaban J connectivity index is 4.40. The lowest BCUT2D eigenvalue weighted by Crippen LogP contribution is -2.31.